The van der Waals surface area contributed by atoms with E-state index in [1.54, 1.807) is 12.1 Å². The number of fused-ring (bicyclic) bond motifs is 1. The Bertz CT molecular complexity index is 746. The third-order valence-electron chi connectivity index (χ3n) is 3.81. The minimum atomic E-state index is -3.35. The highest BCUT2D eigenvalue weighted by Crippen LogP contribution is 2.30. The molecule has 1 unspecified atom stereocenters. The van der Waals surface area contributed by atoms with Gasteiger partial charge in [0.1, 0.15) is 6.04 Å². The molecular formula is C15H20N2O6S. The van der Waals surface area contributed by atoms with Crippen LogP contribution in [0.4, 0.5) is 5.69 Å². The highest BCUT2D eigenvalue weighted by molar-refractivity contribution is 7.92. The summed E-state index contributed by atoms with van der Waals surface area (Å²) in [6.07, 6.45) is 1.80. The molecule has 2 N–H and O–H groups in total. The Morgan fingerprint density at radius 3 is 2.71 bits per heavy atom. The van der Waals surface area contributed by atoms with Gasteiger partial charge in [-0.3, -0.25) is 9.10 Å². The van der Waals surface area contributed by atoms with Crippen LogP contribution >= 0.6 is 0 Å². The molecule has 24 heavy (non-hydrogen) atoms. The van der Waals surface area contributed by atoms with Gasteiger partial charge in [0.25, 0.3) is 5.91 Å². The highest BCUT2D eigenvalue weighted by atomic mass is 32.2. The average molecular weight is 356 g/mol. The van der Waals surface area contributed by atoms with Gasteiger partial charge in [0.05, 0.1) is 11.9 Å². The molecule has 0 saturated carbocycles. The summed E-state index contributed by atoms with van der Waals surface area (Å²) in [5.74, 6) is -1.65. The largest absolute Gasteiger partial charge is 0.480 e. The predicted octanol–water partition coefficient (Wildman–Crippen LogP) is 0.228. The molecule has 1 aliphatic rings. The van der Waals surface area contributed by atoms with Gasteiger partial charge >= 0.3 is 5.97 Å². The molecule has 2 rings (SSSR count). The molecule has 0 spiro atoms. The number of nitrogens with one attached hydrogen (secondary N) is 1. The first-order valence-electron chi connectivity index (χ1n) is 7.37. The Hall–Kier alpha value is -2.13. The Morgan fingerprint density at radius 2 is 2.12 bits per heavy atom. The van der Waals surface area contributed by atoms with Gasteiger partial charge < -0.3 is 15.2 Å². The second-order valence-electron chi connectivity index (χ2n) is 5.57. The van der Waals surface area contributed by atoms with E-state index in [1.165, 1.54) is 17.5 Å². The van der Waals surface area contributed by atoms with Crippen LogP contribution in [0, 0.1) is 0 Å². The number of anilines is 1. The van der Waals surface area contributed by atoms with Crippen molar-refractivity contribution in [2.75, 3.05) is 30.8 Å². The molecule has 1 amide bonds. The van der Waals surface area contributed by atoms with Crippen molar-refractivity contribution in [3.8, 4) is 0 Å². The SMILES string of the molecule is COCCC(NC(=O)c1ccc2c(c1)CCN2S(C)(=O)=O)C(=O)O. The van der Waals surface area contributed by atoms with Crippen molar-refractivity contribution in [2.24, 2.45) is 0 Å². The zero-order chi connectivity index (χ0) is 17.9. The van der Waals surface area contributed by atoms with Gasteiger partial charge in [-0.2, -0.15) is 0 Å². The van der Waals surface area contributed by atoms with E-state index in [-0.39, 0.29) is 13.0 Å². The van der Waals surface area contributed by atoms with Crippen molar-refractivity contribution in [3.63, 3.8) is 0 Å². The van der Waals surface area contributed by atoms with Crippen molar-refractivity contribution < 1.29 is 27.9 Å². The summed E-state index contributed by atoms with van der Waals surface area (Å²) in [4.78, 5) is 23.4. The number of methoxy groups -OCH3 is 1. The van der Waals surface area contributed by atoms with Crippen LogP contribution in [0.15, 0.2) is 18.2 Å². The lowest BCUT2D eigenvalue weighted by atomic mass is 10.1. The number of ether oxygens (including phenoxy) is 1. The number of hydrogen-bond donors (Lipinski definition) is 2. The number of nitrogens with zero attached hydrogens (tertiary/aromatic N) is 1. The summed E-state index contributed by atoms with van der Waals surface area (Å²) in [6.45, 7) is 0.551. The molecule has 0 aromatic heterocycles. The molecule has 1 aromatic carbocycles. The number of rotatable bonds is 7. The molecule has 1 heterocycles. The fourth-order valence-corrected chi connectivity index (χ4v) is 3.55. The summed E-state index contributed by atoms with van der Waals surface area (Å²) in [7, 11) is -1.90. The Morgan fingerprint density at radius 1 is 1.42 bits per heavy atom. The quantitative estimate of drug-likeness (QED) is 0.723. The molecule has 0 saturated heterocycles. The molecule has 1 atom stereocenters. The number of carboxylic acid groups (broad SMARTS) is 1. The molecule has 132 valence electrons. The van der Waals surface area contributed by atoms with E-state index < -0.39 is 27.9 Å². The third kappa shape index (κ3) is 4.04. The van der Waals surface area contributed by atoms with Crippen LogP contribution in [-0.4, -0.2) is 58.0 Å². The van der Waals surface area contributed by atoms with E-state index in [1.807, 2.05) is 0 Å². The maximum atomic E-state index is 12.3. The van der Waals surface area contributed by atoms with Gasteiger partial charge in [-0.25, -0.2) is 13.2 Å². The van der Waals surface area contributed by atoms with E-state index in [0.717, 1.165) is 11.8 Å². The number of aliphatic carboxylic acids is 1. The first-order chi connectivity index (χ1) is 11.2. The van der Waals surface area contributed by atoms with Gasteiger partial charge in [0.15, 0.2) is 0 Å². The summed E-state index contributed by atoms with van der Waals surface area (Å²) >= 11 is 0. The molecule has 9 heteroatoms. The van der Waals surface area contributed by atoms with Crippen molar-refractivity contribution in [2.45, 2.75) is 18.9 Å². The van der Waals surface area contributed by atoms with Crippen LogP contribution in [0.5, 0.6) is 0 Å². The zero-order valence-corrected chi connectivity index (χ0v) is 14.3. The maximum absolute atomic E-state index is 12.3. The van der Waals surface area contributed by atoms with Crippen molar-refractivity contribution in [3.05, 3.63) is 29.3 Å². The normalized spacial score (nSPS) is 15.0. The predicted molar refractivity (Wildman–Crippen MR) is 87.7 cm³/mol. The minimum absolute atomic E-state index is 0.157. The van der Waals surface area contributed by atoms with Gasteiger partial charge in [0.2, 0.25) is 10.0 Å². The number of carbonyl (C=O) groups excluding carboxylic acids is 1. The molecule has 0 radical (unpaired) electrons. The first kappa shape index (κ1) is 18.2. The van der Waals surface area contributed by atoms with Gasteiger partial charge in [-0.15, -0.1) is 0 Å². The Balaban J connectivity index is 2.16. The van der Waals surface area contributed by atoms with E-state index in [0.29, 0.717) is 24.2 Å². The lowest BCUT2D eigenvalue weighted by molar-refractivity contribution is -0.139. The molecule has 1 aliphatic heterocycles. The lowest BCUT2D eigenvalue weighted by Gasteiger charge is -2.17. The topological polar surface area (TPSA) is 113 Å². The Kier molecular flexibility index (Phi) is 5.45. The third-order valence-corrected chi connectivity index (χ3v) is 4.99. The smallest absolute Gasteiger partial charge is 0.326 e. The number of carbonyl (C=O) groups is 2. The van der Waals surface area contributed by atoms with Crippen LogP contribution in [0.1, 0.15) is 22.3 Å². The standard InChI is InChI=1S/C15H20N2O6S/c1-23-8-6-12(15(19)20)16-14(18)11-3-4-13-10(9-11)5-7-17(13)24(2,21)22/h3-4,9,12H,5-8H2,1-2H3,(H,16,18)(H,19,20). The van der Waals surface area contributed by atoms with Crippen molar-refractivity contribution in [1.82, 2.24) is 5.32 Å². The monoisotopic (exact) mass is 356 g/mol. The van der Waals surface area contributed by atoms with Gasteiger partial charge in [-0.05, 0) is 30.2 Å². The van der Waals surface area contributed by atoms with E-state index in [4.69, 9.17) is 9.84 Å². The molecular weight excluding hydrogens is 336 g/mol. The fourth-order valence-electron chi connectivity index (χ4n) is 2.59. The number of hydrogen-bond acceptors (Lipinski definition) is 5. The number of sulfonamides is 1. The van der Waals surface area contributed by atoms with Crippen LogP contribution in [0.3, 0.4) is 0 Å². The van der Waals surface area contributed by atoms with Crippen molar-refractivity contribution >= 4 is 27.6 Å². The summed E-state index contributed by atoms with van der Waals surface area (Å²) in [5.41, 5.74) is 1.60. The zero-order valence-electron chi connectivity index (χ0n) is 13.5. The molecule has 8 nitrogen and oxygen atoms in total. The Labute approximate surface area is 140 Å². The maximum Gasteiger partial charge on any atom is 0.326 e. The molecule has 0 bridgehead atoms. The summed E-state index contributed by atoms with van der Waals surface area (Å²) < 4.78 is 29.5. The van der Waals surface area contributed by atoms with Crippen LogP contribution < -0.4 is 9.62 Å². The number of benzene rings is 1. The van der Waals surface area contributed by atoms with E-state index >= 15 is 0 Å². The van der Waals surface area contributed by atoms with E-state index in [2.05, 4.69) is 5.32 Å². The van der Waals surface area contributed by atoms with Crippen LogP contribution in [0.2, 0.25) is 0 Å². The second-order valence-corrected chi connectivity index (χ2v) is 7.48. The lowest BCUT2D eigenvalue weighted by Crippen LogP contribution is -2.41. The summed E-state index contributed by atoms with van der Waals surface area (Å²) in [6, 6.07) is 3.62. The van der Waals surface area contributed by atoms with Crippen LogP contribution in [0.25, 0.3) is 0 Å². The first-order valence-corrected chi connectivity index (χ1v) is 9.22. The minimum Gasteiger partial charge on any atom is -0.480 e. The number of carboxylic acids is 1. The van der Waals surface area contributed by atoms with E-state index in [9.17, 15) is 18.0 Å². The molecule has 1 aromatic rings. The second kappa shape index (κ2) is 7.18. The van der Waals surface area contributed by atoms with Gasteiger partial charge in [-0.1, -0.05) is 0 Å². The molecule has 0 fully saturated rings. The molecule has 0 aliphatic carbocycles. The summed E-state index contributed by atoms with van der Waals surface area (Å²) in [5, 5.41) is 11.6. The van der Waals surface area contributed by atoms with Crippen LogP contribution in [-0.2, 0) is 26.0 Å². The number of amides is 1. The van der Waals surface area contributed by atoms with Crippen molar-refractivity contribution in [1.29, 1.82) is 0 Å². The average Bonchev–Trinajstić information content (AvgIpc) is 2.93. The fraction of sp³-hybridized carbons (Fsp3) is 0.467. The highest BCUT2D eigenvalue weighted by Gasteiger charge is 2.27. The van der Waals surface area contributed by atoms with Gasteiger partial charge in [0, 0.05) is 32.2 Å².